The van der Waals surface area contributed by atoms with Crippen LogP contribution in [0.15, 0.2) is 29.1 Å². The number of hydrogen-bond donors (Lipinski definition) is 3. The lowest BCUT2D eigenvalue weighted by atomic mass is 9.92. The molecule has 0 radical (unpaired) electrons. The first-order valence-electron chi connectivity index (χ1n) is 7.32. The molecule has 120 valence electrons. The van der Waals surface area contributed by atoms with Gasteiger partial charge in [0, 0.05) is 18.2 Å². The van der Waals surface area contributed by atoms with Crippen molar-refractivity contribution < 1.29 is 4.79 Å². The second kappa shape index (κ2) is 5.12. The third kappa shape index (κ3) is 2.90. The fraction of sp³-hybridized carbons (Fsp3) is 0.312. The lowest BCUT2D eigenvalue weighted by Gasteiger charge is -2.13. The maximum Gasteiger partial charge on any atom is 0.323 e. The van der Waals surface area contributed by atoms with Crippen LogP contribution >= 0.6 is 0 Å². The van der Waals surface area contributed by atoms with Crippen LogP contribution in [0.1, 0.15) is 37.0 Å². The average molecular weight is 313 g/mol. The topological polar surface area (TPSA) is 95.6 Å². The summed E-state index contributed by atoms with van der Waals surface area (Å²) in [4.78, 5) is 29.1. The van der Waals surface area contributed by atoms with Crippen LogP contribution in [-0.4, -0.2) is 25.7 Å². The van der Waals surface area contributed by atoms with Gasteiger partial charge in [0.25, 0.3) is 5.91 Å². The highest BCUT2D eigenvalue weighted by Crippen LogP contribution is 2.22. The quantitative estimate of drug-likeness (QED) is 0.676. The Kier molecular flexibility index (Phi) is 3.35. The Morgan fingerprint density at radius 1 is 1.17 bits per heavy atom. The van der Waals surface area contributed by atoms with Gasteiger partial charge in [0.05, 0.1) is 16.7 Å². The number of nitrogens with zero attached hydrogens (tertiary/aromatic N) is 2. The van der Waals surface area contributed by atoms with Gasteiger partial charge in [0.1, 0.15) is 5.69 Å². The number of aryl methyl sites for hydroxylation is 1. The molecule has 1 amide bonds. The number of fused-ring (bicyclic) bond motifs is 1. The number of imidazole rings is 1. The van der Waals surface area contributed by atoms with E-state index in [0.717, 1.165) is 5.69 Å². The molecule has 0 aliphatic carbocycles. The summed E-state index contributed by atoms with van der Waals surface area (Å²) in [6.45, 7) is 6.15. The number of H-pyrrole nitrogens is 2. The molecule has 0 saturated heterocycles. The standard InChI is InChI=1S/C16H19N5O2/c1-16(2,3)13-8-12(21(4)20-13)14(22)17-9-5-6-10-11(7-9)19-15(23)18-10/h5-8H,1-4H3,(H,17,22)(H2,18,19,23). The Hall–Kier alpha value is -2.83. The summed E-state index contributed by atoms with van der Waals surface area (Å²) in [6, 6.07) is 7.00. The molecule has 1 aromatic carbocycles. The molecular formula is C16H19N5O2. The molecule has 2 heterocycles. The van der Waals surface area contributed by atoms with Gasteiger partial charge in [-0.25, -0.2) is 4.79 Å². The fourth-order valence-electron chi connectivity index (χ4n) is 2.35. The highest BCUT2D eigenvalue weighted by molar-refractivity contribution is 6.03. The van der Waals surface area contributed by atoms with Crippen molar-refractivity contribution in [3.63, 3.8) is 0 Å². The van der Waals surface area contributed by atoms with E-state index in [4.69, 9.17) is 0 Å². The van der Waals surface area contributed by atoms with E-state index in [1.165, 1.54) is 0 Å². The van der Waals surface area contributed by atoms with Crippen molar-refractivity contribution in [3.05, 3.63) is 46.1 Å². The molecule has 0 atom stereocenters. The minimum absolute atomic E-state index is 0.125. The van der Waals surface area contributed by atoms with Crippen molar-refractivity contribution in [1.29, 1.82) is 0 Å². The van der Waals surface area contributed by atoms with Crippen molar-refractivity contribution in [1.82, 2.24) is 19.7 Å². The number of carbonyl (C=O) groups excluding carboxylic acids is 1. The number of nitrogens with one attached hydrogen (secondary N) is 3. The fourth-order valence-corrected chi connectivity index (χ4v) is 2.35. The summed E-state index contributed by atoms with van der Waals surface area (Å²) in [5.41, 5.74) is 2.89. The number of carbonyl (C=O) groups is 1. The number of benzene rings is 1. The molecule has 0 fully saturated rings. The summed E-state index contributed by atoms with van der Waals surface area (Å²) in [6.07, 6.45) is 0. The first kappa shape index (κ1) is 15.1. The largest absolute Gasteiger partial charge is 0.323 e. The van der Waals surface area contributed by atoms with Gasteiger partial charge in [0.2, 0.25) is 0 Å². The molecule has 0 unspecified atom stereocenters. The number of anilines is 1. The highest BCUT2D eigenvalue weighted by atomic mass is 16.2. The van der Waals surface area contributed by atoms with Gasteiger partial charge in [-0.2, -0.15) is 5.10 Å². The zero-order valence-electron chi connectivity index (χ0n) is 13.5. The number of aromatic nitrogens is 4. The maximum atomic E-state index is 12.5. The van der Waals surface area contributed by atoms with Crippen LogP contribution in [0, 0.1) is 0 Å². The summed E-state index contributed by atoms with van der Waals surface area (Å²) in [5.74, 6) is -0.243. The average Bonchev–Trinajstić information content (AvgIpc) is 2.99. The van der Waals surface area contributed by atoms with E-state index in [-0.39, 0.29) is 17.0 Å². The van der Waals surface area contributed by atoms with E-state index in [0.29, 0.717) is 22.4 Å². The van der Waals surface area contributed by atoms with Crippen LogP contribution in [0.3, 0.4) is 0 Å². The predicted molar refractivity (Wildman–Crippen MR) is 88.8 cm³/mol. The molecule has 0 saturated carbocycles. The van der Waals surface area contributed by atoms with Crippen LogP contribution < -0.4 is 11.0 Å². The Balaban J connectivity index is 1.88. The van der Waals surface area contributed by atoms with Gasteiger partial charge < -0.3 is 15.3 Å². The van der Waals surface area contributed by atoms with Crippen molar-refractivity contribution in [2.45, 2.75) is 26.2 Å². The van der Waals surface area contributed by atoms with E-state index < -0.39 is 0 Å². The van der Waals surface area contributed by atoms with Crippen molar-refractivity contribution in [3.8, 4) is 0 Å². The molecular weight excluding hydrogens is 294 g/mol. The van der Waals surface area contributed by atoms with Crippen molar-refractivity contribution in [2.75, 3.05) is 5.32 Å². The Morgan fingerprint density at radius 2 is 1.87 bits per heavy atom. The minimum atomic E-state index is -0.273. The Morgan fingerprint density at radius 3 is 2.52 bits per heavy atom. The predicted octanol–water partition coefficient (Wildman–Crippen LogP) is 2.14. The molecule has 7 nitrogen and oxygen atoms in total. The Bertz CT molecular complexity index is 939. The van der Waals surface area contributed by atoms with Gasteiger partial charge in [-0.05, 0) is 24.3 Å². The maximum absolute atomic E-state index is 12.5. The summed E-state index contributed by atoms with van der Waals surface area (Å²) >= 11 is 0. The monoisotopic (exact) mass is 313 g/mol. The number of hydrogen-bond acceptors (Lipinski definition) is 3. The SMILES string of the molecule is Cn1nc(C(C)(C)C)cc1C(=O)Nc1ccc2[nH]c(=O)[nH]c2c1. The zero-order valence-corrected chi connectivity index (χ0v) is 13.5. The number of aromatic amines is 2. The summed E-state index contributed by atoms with van der Waals surface area (Å²) in [7, 11) is 1.75. The van der Waals surface area contributed by atoms with Gasteiger partial charge >= 0.3 is 5.69 Å². The number of rotatable bonds is 2. The lowest BCUT2D eigenvalue weighted by Crippen LogP contribution is -2.16. The van der Waals surface area contributed by atoms with Crippen LogP contribution in [-0.2, 0) is 12.5 Å². The lowest BCUT2D eigenvalue weighted by molar-refractivity contribution is 0.101. The van der Waals surface area contributed by atoms with Gasteiger partial charge in [0.15, 0.2) is 0 Å². The summed E-state index contributed by atoms with van der Waals surface area (Å²) < 4.78 is 1.58. The third-order valence-electron chi connectivity index (χ3n) is 3.65. The van der Waals surface area contributed by atoms with Crippen LogP contribution in [0.5, 0.6) is 0 Å². The molecule has 3 aromatic rings. The molecule has 3 N–H and O–H groups in total. The molecule has 0 aliphatic rings. The molecule has 3 rings (SSSR count). The van der Waals surface area contributed by atoms with Crippen LogP contribution in [0.25, 0.3) is 11.0 Å². The van der Waals surface area contributed by atoms with Gasteiger partial charge in [-0.15, -0.1) is 0 Å². The van der Waals surface area contributed by atoms with E-state index in [2.05, 4.69) is 20.4 Å². The first-order valence-corrected chi connectivity index (χ1v) is 7.32. The van der Waals surface area contributed by atoms with E-state index in [1.807, 2.05) is 20.8 Å². The first-order chi connectivity index (χ1) is 10.7. The second-order valence-electron chi connectivity index (χ2n) is 6.58. The van der Waals surface area contributed by atoms with Crippen LogP contribution in [0.4, 0.5) is 5.69 Å². The molecule has 23 heavy (non-hydrogen) atoms. The molecule has 0 bridgehead atoms. The number of amides is 1. The molecule has 0 aliphatic heterocycles. The zero-order chi connectivity index (χ0) is 16.8. The molecule has 0 spiro atoms. The van der Waals surface area contributed by atoms with Gasteiger partial charge in [-0.3, -0.25) is 9.48 Å². The van der Waals surface area contributed by atoms with Gasteiger partial charge in [-0.1, -0.05) is 20.8 Å². The molecule has 2 aromatic heterocycles. The van der Waals surface area contributed by atoms with Crippen molar-refractivity contribution >= 4 is 22.6 Å². The summed E-state index contributed by atoms with van der Waals surface area (Å²) in [5, 5.41) is 7.23. The van der Waals surface area contributed by atoms with E-state index in [1.54, 1.807) is 36.0 Å². The second-order valence-corrected chi connectivity index (χ2v) is 6.58. The molecule has 7 heteroatoms. The highest BCUT2D eigenvalue weighted by Gasteiger charge is 2.21. The van der Waals surface area contributed by atoms with Crippen LogP contribution in [0.2, 0.25) is 0 Å². The third-order valence-corrected chi connectivity index (χ3v) is 3.65. The van der Waals surface area contributed by atoms with E-state index >= 15 is 0 Å². The Labute approximate surface area is 132 Å². The normalized spacial score (nSPS) is 11.8. The van der Waals surface area contributed by atoms with E-state index in [9.17, 15) is 9.59 Å². The minimum Gasteiger partial charge on any atom is -0.321 e. The smallest absolute Gasteiger partial charge is 0.321 e. The van der Waals surface area contributed by atoms with Crippen molar-refractivity contribution in [2.24, 2.45) is 7.05 Å².